The third-order valence-electron chi connectivity index (χ3n) is 5.57. The number of aryl methyl sites for hydroxylation is 3. The Bertz CT molecular complexity index is 1120. The number of aromatic nitrogens is 3. The first-order chi connectivity index (χ1) is 15.2. The van der Waals surface area contributed by atoms with Gasteiger partial charge in [0.1, 0.15) is 11.9 Å². The second-order valence-electron chi connectivity index (χ2n) is 8.86. The van der Waals surface area contributed by atoms with E-state index in [1.807, 2.05) is 88.4 Å². The Morgan fingerprint density at radius 3 is 2.72 bits per heavy atom. The molecule has 2 aromatic heterocycles. The van der Waals surface area contributed by atoms with Crippen molar-refractivity contribution in [2.45, 2.75) is 39.4 Å². The minimum absolute atomic E-state index is 0.0626. The monoisotopic (exact) mass is 434 g/mol. The fraction of sp³-hybridized carbons (Fsp3) is 0.400. The Morgan fingerprint density at radius 1 is 1.19 bits per heavy atom. The van der Waals surface area contributed by atoms with Gasteiger partial charge in [-0.15, -0.1) is 0 Å². The molecular formula is C25H30N4O3. The number of pyridine rings is 1. The third-order valence-corrected chi connectivity index (χ3v) is 5.57. The van der Waals surface area contributed by atoms with E-state index < -0.39 is 5.60 Å². The first kappa shape index (κ1) is 22.0. The van der Waals surface area contributed by atoms with Gasteiger partial charge in [0, 0.05) is 31.0 Å². The lowest BCUT2D eigenvalue weighted by Crippen LogP contribution is -2.53. The summed E-state index contributed by atoms with van der Waals surface area (Å²) in [5.41, 5.74) is 3.88. The maximum absolute atomic E-state index is 13.4. The number of rotatable bonds is 5. The molecule has 0 saturated carbocycles. The van der Waals surface area contributed by atoms with Crippen LogP contribution in [0.25, 0.3) is 11.1 Å². The molecule has 1 unspecified atom stereocenters. The highest BCUT2D eigenvalue weighted by Crippen LogP contribution is 2.28. The van der Waals surface area contributed by atoms with Crippen molar-refractivity contribution >= 4 is 5.91 Å². The van der Waals surface area contributed by atoms with Gasteiger partial charge in [0.25, 0.3) is 5.91 Å². The molecule has 1 aromatic carbocycles. The van der Waals surface area contributed by atoms with Gasteiger partial charge < -0.3 is 14.4 Å². The van der Waals surface area contributed by atoms with E-state index in [0.29, 0.717) is 25.4 Å². The molecule has 1 atom stereocenters. The quantitative estimate of drug-likeness (QED) is 0.610. The summed E-state index contributed by atoms with van der Waals surface area (Å²) < 4.78 is 13.9. The zero-order chi connectivity index (χ0) is 22.9. The number of ether oxygens (including phenoxy) is 2. The summed E-state index contributed by atoms with van der Waals surface area (Å²) in [7, 11) is 1.90. The van der Waals surface area contributed by atoms with Gasteiger partial charge in [-0.05, 0) is 63.1 Å². The highest BCUT2D eigenvalue weighted by molar-refractivity contribution is 5.85. The van der Waals surface area contributed by atoms with Gasteiger partial charge in [-0.3, -0.25) is 14.5 Å². The van der Waals surface area contributed by atoms with Crippen LogP contribution >= 0.6 is 0 Å². The van der Waals surface area contributed by atoms with Crippen LogP contribution in [0.15, 0.2) is 48.8 Å². The van der Waals surface area contributed by atoms with Crippen molar-refractivity contribution in [2.24, 2.45) is 7.05 Å². The molecule has 7 heteroatoms. The lowest BCUT2D eigenvalue weighted by molar-refractivity contribution is -0.153. The van der Waals surface area contributed by atoms with Crippen LogP contribution in [0.4, 0.5) is 0 Å². The molecule has 0 bridgehead atoms. The highest BCUT2D eigenvalue weighted by Gasteiger charge is 2.37. The standard InChI is InChI=1S/C25H30N4O3/c1-17-7-6-8-21(11-17)32-25(3,4)24(30)29-9-10-31-23(16-29)22-13-19(12-18(2)27-22)20-14-26-28(5)15-20/h6-8,11-15,23H,9-10,16H2,1-5H3. The van der Waals surface area contributed by atoms with E-state index in [4.69, 9.17) is 14.5 Å². The zero-order valence-electron chi connectivity index (χ0n) is 19.3. The van der Waals surface area contributed by atoms with Gasteiger partial charge in [-0.1, -0.05) is 12.1 Å². The lowest BCUT2D eigenvalue weighted by atomic mass is 10.0. The predicted molar refractivity (Wildman–Crippen MR) is 122 cm³/mol. The molecule has 0 N–H and O–H groups in total. The number of morpholine rings is 1. The number of benzene rings is 1. The van der Waals surface area contributed by atoms with E-state index in [1.165, 1.54) is 0 Å². The van der Waals surface area contributed by atoms with Gasteiger partial charge in [0.15, 0.2) is 5.60 Å². The average molecular weight is 435 g/mol. The van der Waals surface area contributed by atoms with Crippen LogP contribution in [0.3, 0.4) is 0 Å². The summed E-state index contributed by atoms with van der Waals surface area (Å²) in [6.45, 7) is 9.01. The van der Waals surface area contributed by atoms with Crippen LogP contribution in [0.1, 0.15) is 36.9 Å². The summed E-state index contributed by atoms with van der Waals surface area (Å²) in [6.07, 6.45) is 3.51. The number of carbonyl (C=O) groups is 1. The zero-order valence-corrected chi connectivity index (χ0v) is 19.3. The summed E-state index contributed by atoms with van der Waals surface area (Å²) in [5.74, 6) is 0.627. The van der Waals surface area contributed by atoms with Gasteiger partial charge in [-0.2, -0.15) is 5.10 Å². The molecule has 1 aliphatic rings. The number of carbonyl (C=O) groups excluding carboxylic acids is 1. The Balaban J connectivity index is 1.52. The topological polar surface area (TPSA) is 69.5 Å². The Labute approximate surface area is 189 Å². The van der Waals surface area contributed by atoms with Crippen molar-refractivity contribution < 1.29 is 14.3 Å². The van der Waals surface area contributed by atoms with Crippen molar-refractivity contribution in [1.82, 2.24) is 19.7 Å². The fourth-order valence-corrected chi connectivity index (χ4v) is 4.01. The fourth-order valence-electron chi connectivity index (χ4n) is 4.01. The lowest BCUT2D eigenvalue weighted by Gasteiger charge is -2.37. The Kier molecular flexibility index (Phi) is 6.02. The second kappa shape index (κ2) is 8.74. The highest BCUT2D eigenvalue weighted by atomic mass is 16.5. The summed E-state index contributed by atoms with van der Waals surface area (Å²) >= 11 is 0. The van der Waals surface area contributed by atoms with Gasteiger partial charge in [0.05, 0.1) is 25.0 Å². The van der Waals surface area contributed by atoms with Crippen molar-refractivity contribution in [3.63, 3.8) is 0 Å². The van der Waals surface area contributed by atoms with E-state index in [1.54, 1.807) is 4.68 Å². The first-order valence-corrected chi connectivity index (χ1v) is 10.9. The maximum atomic E-state index is 13.4. The average Bonchev–Trinajstić information content (AvgIpc) is 3.19. The molecule has 3 aromatic rings. The molecule has 7 nitrogen and oxygen atoms in total. The molecule has 1 fully saturated rings. The van der Waals surface area contributed by atoms with Crippen LogP contribution in [0.2, 0.25) is 0 Å². The van der Waals surface area contributed by atoms with Gasteiger partial charge >= 0.3 is 0 Å². The Hall–Kier alpha value is -3.19. The van der Waals surface area contributed by atoms with Gasteiger partial charge in [-0.25, -0.2) is 0 Å². The van der Waals surface area contributed by atoms with Gasteiger partial charge in [0.2, 0.25) is 0 Å². The van der Waals surface area contributed by atoms with Crippen LogP contribution in [-0.2, 0) is 16.6 Å². The molecule has 32 heavy (non-hydrogen) atoms. The molecule has 168 valence electrons. The minimum Gasteiger partial charge on any atom is -0.478 e. The molecule has 0 radical (unpaired) electrons. The van der Waals surface area contributed by atoms with Crippen LogP contribution in [0, 0.1) is 13.8 Å². The van der Waals surface area contributed by atoms with E-state index in [9.17, 15) is 4.79 Å². The Morgan fingerprint density at radius 2 is 2.00 bits per heavy atom. The molecular weight excluding hydrogens is 404 g/mol. The number of hydrogen-bond donors (Lipinski definition) is 0. The summed E-state index contributed by atoms with van der Waals surface area (Å²) in [6, 6.07) is 11.8. The predicted octanol–water partition coefficient (Wildman–Crippen LogP) is 3.86. The van der Waals surface area contributed by atoms with E-state index >= 15 is 0 Å². The number of amides is 1. The molecule has 1 aliphatic heterocycles. The first-order valence-electron chi connectivity index (χ1n) is 10.9. The molecule has 4 rings (SSSR count). The number of hydrogen-bond acceptors (Lipinski definition) is 5. The molecule has 3 heterocycles. The van der Waals surface area contributed by atoms with Crippen molar-refractivity contribution in [1.29, 1.82) is 0 Å². The molecule has 0 aliphatic carbocycles. The SMILES string of the molecule is Cc1cccc(OC(C)(C)C(=O)N2CCOC(c3cc(-c4cnn(C)c4)cc(C)n3)C2)c1. The van der Waals surface area contributed by atoms with Crippen LogP contribution in [-0.4, -0.2) is 50.9 Å². The van der Waals surface area contributed by atoms with Crippen molar-refractivity contribution in [3.05, 3.63) is 65.7 Å². The summed E-state index contributed by atoms with van der Waals surface area (Å²) in [4.78, 5) is 19.9. The largest absolute Gasteiger partial charge is 0.478 e. The minimum atomic E-state index is -0.989. The normalized spacial score (nSPS) is 16.8. The summed E-state index contributed by atoms with van der Waals surface area (Å²) in [5, 5.41) is 4.27. The molecule has 1 amide bonds. The van der Waals surface area contributed by atoms with Crippen molar-refractivity contribution in [2.75, 3.05) is 19.7 Å². The molecule has 1 saturated heterocycles. The van der Waals surface area contributed by atoms with Crippen molar-refractivity contribution in [3.8, 4) is 16.9 Å². The second-order valence-corrected chi connectivity index (χ2v) is 8.86. The van der Waals surface area contributed by atoms with E-state index in [0.717, 1.165) is 28.1 Å². The van der Waals surface area contributed by atoms with E-state index in [2.05, 4.69) is 5.10 Å². The van der Waals surface area contributed by atoms with E-state index in [-0.39, 0.29) is 12.0 Å². The third kappa shape index (κ3) is 4.83. The maximum Gasteiger partial charge on any atom is 0.266 e. The smallest absolute Gasteiger partial charge is 0.266 e. The van der Waals surface area contributed by atoms with Crippen LogP contribution in [0.5, 0.6) is 5.75 Å². The molecule has 0 spiro atoms. The number of nitrogens with zero attached hydrogens (tertiary/aromatic N) is 4. The van der Waals surface area contributed by atoms with Crippen LogP contribution < -0.4 is 4.74 Å².